The highest BCUT2D eigenvalue weighted by molar-refractivity contribution is 14.1. The van der Waals surface area contributed by atoms with E-state index in [9.17, 15) is 0 Å². The van der Waals surface area contributed by atoms with Crippen LogP contribution in [0.4, 0.5) is 0 Å². The van der Waals surface area contributed by atoms with Crippen LogP contribution in [0, 0.1) is 0 Å². The lowest BCUT2D eigenvalue weighted by atomic mass is 10.4. The van der Waals surface area contributed by atoms with Crippen LogP contribution in [0.5, 0.6) is 0 Å². The molecule has 0 aliphatic heterocycles. The Bertz CT molecular complexity index is 120. The maximum atomic E-state index is 3.17. The standard InChI is InChI=1S/C7H18N.2BBr2I/c1-5-8(4,6-2)7-3;2*2-1(3)4/h5-7H2,1-4H3;;/q+1;;. The molecule has 0 heterocycles. The summed E-state index contributed by atoms with van der Waals surface area (Å²) in [6, 6.07) is 0. The van der Waals surface area contributed by atoms with Crippen LogP contribution in [0.2, 0.25) is 0 Å². The van der Waals surface area contributed by atoms with E-state index in [1.165, 1.54) is 24.1 Å². The van der Waals surface area contributed by atoms with Crippen molar-refractivity contribution < 1.29 is 4.48 Å². The monoisotopic (exact) mass is 708 g/mol. The molecule has 1 nitrogen and oxygen atoms in total. The van der Waals surface area contributed by atoms with Crippen molar-refractivity contribution in [2.75, 3.05) is 26.7 Å². The van der Waals surface area contributed by atoms with Crippen molar-refractivity contribution in [3.8, 4) is 0 Å². The van der Waals surface area contributed by atoms with Crippen molar-refractivity contribution in [1.29, 1.82) is 0 Å². The van der Waals surface area contributed by atoms with Crippen LogP contribution in [0.1, 0.15) is 20.8 Å². The van der Waals surface area contributed by atoms with E-state index in [0.29, 0.717) is 4.43 Å². The van der Waals surface area contributed by atoms with Gasteiger partial charge in [0.1, 0.15) is 0 Å². The van der Waals surface area contributed by atoms with Crippen LogP contribution in [0.15, 0.2) is 0 Å². The van der Waals surface area contributed by atoms with Gasteiger partial charge in [0.2, 0.25) is 0 Å². The van der Waals surface area contributed by atoms with Gasteiger partial charge in [0.15, 0.2) is 0 Å². The van der Waals surface area contributed by atoms with Crippen molar-refractivity contribution in [1.82, 2.24) is 0 Å². The van der Waals surface area contributed by atoms with Gasteiger partial charge in [0, 0.05) is 0 Å². The molecule has 98 valence electrons. The first-order valence-corrected chi connectivity index (χ1v) is 11.0. The number of halogens is 6. The smallest absolute Gasteiger partial charge is 0.327 e. The fourth-order valence-electron chi connectivity index (χ4n) is 0.671. The molecule has 0 saturated carbocycles. The van der Waals surface area contributed by atoms with Crippen LogP contribution in [-0.2, 0) is 0 Å². The van der Waals surface area contributed by atoms with Gasteiger partial charge in [0.25, 0.3) is 0 Å². The average molecular weight is 711 g/mol. The minimum absolute atomic E-state index is 0.428. The first-order chi connectivity index (χ1) is 7.15. The molecular formula is C7H18B2Br4I2N+. The molecule has 0 unspecified atom stereocenters. The molecule has 0 amide bonds. The zero-order valence-corrected chi connectivity index (χ0v) is 20.7. The summed E-state index contributed by atoms with van der Waals surface area (Å²) >= 11 is 17.0. The highest BCUT2D eigenvalue weighted by Gasteiger charge is 2.10. The lowest BCUT2D eigenvalue weighted by Gasteiger charge is -2.30. The topological polar surface area (TPSA) is 0 Å². The lowest BCUT2D eigenvalue weighted by Crippen LogP contribution is -2.42. The van der Waals surface area contributed by atoms with Gasteiger partial charge >= 0.3 is 4.43 Å². The Morgan fingerprint density at radius 1 is 0.812 bits per heavy atom. The van der Waals surface area contributed by atoms with E-state index in [-0.39, 0.29) is 0 Å². The maximum absolute atomic E-state index is 3.17. The Kier molecular flexibility index (Phi) is 25.3. The molecule has 0 aromatic heterocycles. The van der Waals surface area contributed by atoms with E-state index in [4.69, 9.17) is 0 Å². The second kappa shape index (κ2) is 16.5. The third-order valence-corrected chi connectivity index (χ3v) is 2.29. The quantitative estimate of drug-likeness (QED) is 0.195. The van der Waals surface area contributed by atoms with Gasteiger partial charge in [-0.05, 0) is 20.8 Å². The fourth-order valence-corrected chi connectivity index (χ4v) is 0.671. The summed E-state index contributed by atoms with van der Waals surface area (Å²) in [5.41, 5.74) is 0. The zero-order valence-electron chi connectivity index (χ0n) is 9.99. The molecule has 0 aromatic rings. The van der Waals surface area contributed by atoms with E-state index in [0.717, 1.165) is 0 Å². The molecule has 0 saturated heterocycles. The number of quaternary nitrogens is 1. The minimum Gasteiger partial charge on any atom is -0.327 e. The predicted octanol–water partition coefficient (Wildman–Crippen LogP) is 5.88. The molecule has 0 aliphatic rings. The lowest BCUT2D eigenvalue weighted by molar-refractivity contribution is -0.904. The molecule has 0 fully saturated rings. The molecule has 9 heteroatoms. The molecular weight excluding hydrogens is 693 g/mol. The average Bonchev–Trinajstić information content (AvgIpc) is 2.15. The summed E-state index contributed by atoms with van der Waals surface area (Å²) in [6.07, 6.45) is 0. The van der Waals surface area contributed by atoms with Crippen LogP contribution < -0.4 is 0 Å². The van der Waals surface area contributed by atoms with Crippen LogP contribution in [0.3, 0.4) is 0 Å². The maximum Gasteiger partial charge on any atom is 0.364 e. The van der Waals surface area contributed by atoms with Gasteiger partial charge in [-0.3, -0.25) is 0 Å². The van der Waals surface area contributed by atoms with Crippen molar-refractivity contribution in [3.63, 3.8) is 0 Å². The summed E-state index contributed by atoms with van der Waals surface area (Å²) in [4.78, 5) is 0. The van der Waals surface area contributed by atoms with Crippen LogP contribution in [-0.4, -0.2) is 35.6 Å². The van der Waals surface area contributed by atoms with Crippen LogP contribution >= 0.6 is 108 Å². The Hall–Kier alpha value is 3.47. The predicted molar refractivity (Wildman–Crippen MR) is 113 cm³/mol. The third-order valence-electron chi connectivity index (χ3n) is 2.29. The number of hydrogen-bond acceptors (Lipinski definition) is 0. The largest absolute Gasteiger partial charge is 0.364 e. The minimum atomic E-state index is 0.428. The molecule has 0 spiro atoms. The summed E-state index contributed by atoms with van der Waals surface area (Å²) < 4.78 is 2.06. The van der Waals surface area contributed by atoms with E-state index in [1.807, 2.05) is 0 Å². The third kappa shape index (κ3) is 30.5. The first kappa shape index (κ1) is 24.5. The van der Waals surface area contributed by atoms with Gasteiger partial charge in [0.05, 0.1) is 26.7 Å². The van der Waals surface area contributed by atoms with Crippen LogP contribution in [0.25, 0.3) is 0 Å². The molecule has 16 heavy (non-hydrogen) atoms. The Morgan fingerprint density at radius 2 is 0.938 bits per heavy atom. The van der Waals surface area contributed by atoms with Gasteiger partial charge < -0.3 is 4.48 Å². The van der Waals surface area contributed by atoms with Crippen molar-refractivity contribution in [2.45, 2.75) is 20.8 Å². The van der Waals surface area contributed by atoms with E-state index in [1.54, 1.807) is 0 Å². The van der Waals surface area contributed by atoms with Crippen molar-refractivity contribution in [2.24, 2.45) is 0 Å². The Balaban J connectivity index is -0.000000179. The molecule has 0 bridgehead atoms. The van der Waals surface area contributed by atoms with E-state index >= 15 is 0 Å². The summed E-state index contributed by atoms with van der Waals surface area (Å²) in [5.74, 6) is 0. The van der Waals surface area contributed by atoms with Gasteiger partial charge in [-0.2, -0.15) is 0 Å². The summed E-state index contributed by atoms with van der Waals surface area (Å²) in [6.45, 7) is 10.5. The van der Waals surface area contributed by atoms with Crippen molar-refractivity contribution in [3.05, 3.63) is 0 Å². The van der Waals surface area contributed by atoms with E-state index < -0.39 is 0 Å². The molecule has 0 aromatic carbocycles. The fraction of sp³-hybridized carbons (Fsp3) is 1.00. The highest BCUT2D eigenvalue weighted by atomic mass is 127. The van der Waals surface area contributed by atoms with Crippen molar-refractivity contribution >= 4 is 112 Å². The Morgan fingerprint density at radius 3 is 0.938 bits per heavy atom. The number of hydrogen-bond donors (Lipinski definition) is 0. The second-order valence-electron chi connectivity index (χ2n) is 3.06. The highest BCUT2D eigenvalue weighted by Crippen LogP contribution is 2.08. The van der Waals surface area contributed by atoms with Gasteiger partial charge in [-0.15, -0.1) is 108 Å². The SMILES string of the molecule is BrB(Br)I.BrB(Br)I.CC[N+](C)(CC)CC. The number of nitrogens with zero attached hydrogens (tertiary/aromatic N) is 1. The summed E-state index contributed by atoms with van der Waals surface area (Å²) in [5, 5.41) is 0. The molecule has 0 N–H and O–H groups in total. The zero-order chi connectivity index (χ0) is 13.8. The molecule has 0 atom stereocenters. The summed E-state index contributed by atoms with van der Waals surface area (Å²) in [7, 11) is 2.29. The first-order valence-electron chi connectivity index (χ1n) is 4.83. The number of rotatable bonds is 3. The molecule has 0 radical (unpaired) electrons. The van der Waals surface area contributed by atoms with E-state index in [2.05, 4.69) is 136 Å². The molecule has 0 rings (SSSR count). The Labute approximate surface area is 161 Å². The van der Waals surface area contributed by atoms with Gasteiger partial charge in [-0.25, -0.2) is 0 Å². The normalized spacial score (nSPS) is 9.38. The molecule has 0 aliphatic carbocycles. The second-order valence-corrected chi connectivity index (χ2v) is 18.5. The van der Waals surface area contributed by atoms with Gasteiger partial charge in [-0.1, -0.05) is 0 Å².